The van der Waals surface area contributed by atoms with E-state index in [1.165, 1.54) is 0 Å². The lowest BCUT2D eigenvalue weighted by Gasteiger charge is -2.27. The quantitative estimate of drug-likeness (QED) is 0.918. The molecule has 2 heterocycles. The lowest BCUT2D eigenvalue weighted by molar-refractivity contribution is -0.229. The third-order valence-corrected chi connectivity index (χ3v) is 3.79. The average molecular weight is 294 g/mol. The Kier molecular flexibility index (Phi) is 4.03. The van der Waals surface area contributed by atoms with E-state index in [0.717, 1.165) is 5.56 Å². The van der Waals surface area contributed by atoms with Gasteiger partial charge in [0, 0.05) is 0 Å². The van der Waals surface area contributed by atoms with Crippen molar-refractivity contribution in [2.45, 2.75) is 63.9 Å². The van der Waals surface area contributed by atoms with Crippen molar-refractivity contribution in [2.75, 3.05) is 0 Å². The first kappa shape index (κ1) is 14.9. The summed E-state index contributed by atoms with van der Waals surface area (Å²) in [5, 5.41) is 9.89. The molecule has 0 spiro atoms. The Labute approximate surface area is 124 Å². The van der Waals surface area contributed by atoms with Gasteiger partial charge < -0.3 is 24.1 Å². The van der Waals surface area contributed by atoms with Gasteiger partial charge in [-0.15, -0.1) is 0 Å². The van der Waals surface area contributed by atoms with Crippen molar-refractivity contribution < 1.29 is 24.1 Å². The summed E-state index contributed by atoms with van der Waals surface area (Å²) in [5.74, 6) is -0.687. The fourth-order valence-electron chi connectivity index (χ4n) is 2.85. The van der Waals surface area contributed by atoms with Gasteiger partial charge in [0.2, 0.25) is 0 Å². The first-order valence-electron chi connectivity index (χ1n) is 7.31. The summed E-state index contributed by atoms with van der Waals surface area (Å²) in [6.45, 7) is 5.83. The van der Waals surface area contributed by atoms with Gasteiger partial charge in [0.05, 0.1) is 12.7 Å². The smallest absolute Gasteiger partial charge is 0.190 e. The molecule has 1 aromatic rings. The van der Waals surface area contributed by atoms with Crippen molar-refractivity contribution >= 4 is 0 Å². The summed E-state index contributed by atoms with van der Waals surface area (Å²) in [4.78, 5) is 0. The molecule has 2 aliphatic heterocycles. The molecule has 0 aromatic heterocycles. The molecule has 116 valence electrons. The highest BCUT2D eigenvalue weighted by Gasteiger charge is 2.56. The number of rotatable bonds is 4. The van der Waals surface area contributed by atoms with Crippen LogP contribution in [0.25, 0.3) is 0 Å². The Morgan fingerprint density at radius 1 is 1.24 bits per heavy atom. The molecule has 2 fully saturated rings. The highest BCUT2D eigenvalue weighted by molar-refractivity contribution is 5.13. The van der Waals surface area contributed by atoms with Gasteiger partial charge in [-0.25, -0.2) is 0 Å². The van der Waals surface area contributed by atoms with Crippen molar-refractivity contribution in [1.82, 2.24) is 0 Å². The highest BCUT2D eigenvalue weighted by atomic mass is 16.8. The minimum absolute atomic E-state index is 0.316. The number of benzene rings is 1. The third-order valence-electron chi connectivity index (χ3n) is 3.79. The molecule has 3 rings (SSSR count). The fourth-order valence-corrected chi connectivity index (χ4v) is 2.85. The van der Waals surface area contributed by atoms with E-state index in [4.69, 9.17) is 18.9 Å². The zero-order valence-corrected chi connectivity index (χ0v) is 12.6. The minimum Gasteiger partial charge on any atom is -0.391 e. The molecular formula is C16H22O5. The molecule has 0 saturated carbocycles. The number of hydrogen-bond donors (Lipinski definition) is 1. The molecule has 1 N–H and O–H groups in total. The summed E-state index contributed by atoms with van der Waals surface area (Å²) in [7, 11) is 0. The van der Waals surface area contributed by atoms with Crippen LogP contribution >= 0.6 is 0 Å². The van der Waals surface area contributed by atoms with Crippen LogP contribution < -0.4 is 0 Å². The van der Waals surface area contributed by atoms with Crippen LogP contribution in [0.2, 0.25) is 0 Å². The van der Waals surface area contributed by atoms with Crippen LogP contribution in [-0.2, 0) is 25.6 Å². The van der Waals surface area contributed by atoms with Crippen LogP contribution in [0.4, 0.5) is 0 Å². The molecule has 1 aromatic carbocycles. The molecule has 5 nitrogen and oxygen atoms in total. The number of fused-ring (bicyclic) bond motifs is 1. The van der Waals surface area contributed by atoms with Crippen LogP contribution in [-0.4, -0.2) is 41.6 Å². The predicted molar refractivity (Wildman–Crippen MR) is 75.4 cm³/mol. The zero-order valence-electron chi connectivity index (χ0n) is 12.6. The number of aliphatic hydroxyl groups excluding tert-OH is 1. The van der Waals surface area contributed by atoms with Gasteiger partial charge >= 0.3 is 0 Å². The standard InChI is InChI=1S/C16H22O5/c1-10(17)12-13(18-9-11-7-5-4-6-8-11)14-15(19-12)21-16(2,3)20-14/h4-8,10,12-15,17H,9H2,1-3H3/t10-,12+,13-,14-,15+/m0/s1. The summed E-state index contributed by atoms with van der Waals surface area (Å²) < 4.78 is 23.3. The molecule has 0 radical (unpaired) electrons. The largest absolute Gasteiger partial charge is 0.391 e. The van der Waals surface area contributed by atoms with E-state index in [-0.39, 0.29) is 12.2 Å². The lowest BCUT2D eigenvalue weighted by atomic mass is 10.1. The number of hydrogen-bond acceptors (Lipinski definition) is 5. The van der Waals surface area contributed by atoms with Gasteiger partial charge in [0.15, 0.2) is 12.1 Å². The van der Waals surface area contributed by atoms with Gasteiger partial charge in [-0.3, -0.25) is 0 Å². The second-order valence-corrected chi connectivity index (χ2v) is 6.07. The van der Waals surface area contributed by atoms with E-state index in [1.54, 1.807) is 6.92 Å². The lowest BCUT2D eigenvalue weighted by Crippen LogP contribution is -2.41. The SMILES string of the molecule is C[C@H](O)[C@H]1O[C@@H]2OC(C)(C)O[C@H]2[C@H]1OCc1ccccc1. The van der Waals surface area contributed by atoms with E-state index >= 15 is 0 Å². The van der Waals surface area contributed by atoms with Crippen LogP contribution in [0.1, 0.15) is 26.3 Å². The molecule has 2 aliphatic rings. The van der Waals surface area contributed by atoms with Crippen LogP contribution in [0.5, 0.6) is 0 Å². The van der Waals surface area contributed by atoms with E-state index in [0.29, 0.717) is 6.61 Å². The second kappa shape index (κ2) is 5.66. The van der Waals surface area contributed by atoms with Crippen molar-refractivity contribution in [1.29, 1.82) is 0 Å². The Morgan fingerprint density at radius 2 is 1.95 bits per heavy atom. The summed E-state index contributed by atoms with van der Waals surface area (Å²) in [5.41, 5.74) is 1.07. The maximum absolute atomic E-state index is 9.89. The van der Waals surface area contributed by atoms with Crippen LogP contribution in [0.15, 0.2) is 30.3 Å². The van der Waals surface area contributed by atoms with E-state index in [2.05, 4.69) is 0 Å². The third kappa shape index (κ3) is 3.12. The number of ether oxygens (including phenoxy) is 4. The highest BCUT2D eigenvalue weighted by Crippen LogP contribution is 2.39. The van der Waals surface area contributed by atoms with Gasteiger partial charge in [0.25, 0.3) is 0 Å². The maximum atomic E-state index is 9.89. The first-order chi connectivity index (χ1) is 9.96. The van der Waals surface area contributed by atoms with Crippen molar-refractivity contribution in [3.63, 3.8) is 0 Å². The fraction of sp³-hybridized carbons (Fsp3) is 0.625. The Balaban J connectivity index is 1.70. The van der Waals surface area contributed by atoms with Crippen LogP contribution in [0.3, 0.4) is 0 Å². The van der Waals surface area contributed by atoms with Crippen LogP contribution in [0, 0.1) is 0 Å². The Morgan fingerprint density at radius 3 is 2.62 bits per heavy atom. The first-order valence-corrected chi connectivity index (χ1v) is 7.31. The van der Waals surface area contributed by atoms with Gasteiger partial charge in [-0.05, 0) is 26.3 Å². The Bertz CT molecular complexity index is 473. The summed E-state index contributed by atoms with van der Waals surface area (Å²) >= 11 is 0. The van der Waals surface area contributed by atoms with Crippen molar-refractivity contribution in [3.8, 4) is 0 Å². The topological polar surface area (TPSA) is 57.2 Å². The molecule has 5 heteroatoms. The summed E-state index contributed by atoms with van der Waals surface area (Å²) in [6.07, 6.45) is -2.24. The van der Waals surface area contributed by atoms with Gasteiger partial charge in [0.1, 0.15) is 18.3 Å². The van der Waals surface area contributed by atoms with E-state index in [9.17, 15) is 5.11 Å². The van der Waals surface area contributed by atoms with E-state index in [1.807, 2.05) is 44.2 Å². The maximum Gasteiger partial charge on any atom is 0.190 e. The van der Waals surface area contributed by atoms with Gasteiger partial charge in [-0.1, -0.05) is 30.3 Å². The molecule has 0 aliphatic carbocycles. The van der Waals surface area contributed by atoms with E-state index < -0.39 is 24.3 Å². The molecule has 0 amide bonds. The molecule has 5 atom stereocenters. The summed E-state index contributed by atoms with van der Waals surface area (Å²) in [6, 6.07) is 9.91. The zero-order chi connectivity index (χ0) is 15.0. The molecule has 0 unspecified atom stereocenters. The van der Waals surface area contributed by atoms with Gasteiger partial charge in [-0.2, -0.15) is 0 Å². The predicted octanol–water partition coefficient (Wildman–Crippen LogP) is 1.83. The average Bonchev–Trinajstić information content (AvgIpc) is 2.90. The monoisotopic (exact) mass is 294 g/mol. The molecular weight excluding hydrogens is 272 g/mol. The second-order valence-electron chi connectivity index (χ2n) is 6.07. The van der Waals surface area contributed by atoms with Crippen molar-refractivity contribution in [2.24, 2.45) is 0 Å². The Hall–Kier alpha value is -0.980. The molecule has 2 saturated heterocycles. The normalized spacial score (nSPS) is 35.6. The van der Waals surface area contributed by atoms with Crippen molar-refractivity contribution in [3.05, 3.63) is 35.9 Å². The molecule has 0 bridgehead atoms. The molecule has 21 heavy (non-hydrogen) atoms. The minimum atomic E-state index is -0.687. The number of aliphatic hydroxyl groups is 1.